The van der Waals surface area contributed by atoms with Crippen molar-refractivity contribution < 1.29 is 4.79 Å². The van der Waals surface area contributed by atoms with Gasteiger partial charge in [0.25, 0.3) is 5.91 Å². The second-order valence-corrected chi connectivity index (χ2v) is 5.25. The molecule has 0 radical (unpaired) electrons. The van der Waals surface area contributed by atoms with Gasteiger partial charge in [0.05, 0.1) is 6.04 Å². The molecule has 0 aliphatic carbocycles. The average Bonchev–Trinajstić information content (AvgIpc) is 3.04. The van der Waals surface area contributed by atoms with Crippen molar-refractivity contribution in [3.8, 4) is 0 Å². The third kappa shape index (κ3) is 2.75. The van der Waals surface area contributed by atoms with Gasteiger partial charge in [-0.05, 0) is 42.7 Å². The number of rotatable bonds is 3. The summed E-state index contributed by atoms with van der Waals surface area (Å²) in [5.41, 5.74) is 1.91. The summed E-state index contributed by atoms with van der Waals surface area (Å²) in [4.78, 5) is 18.9. The van der Waals surface area contributed by atoms with Crippen LogP contribution in [0.25, 0.3) is 0 Å². The quantitative estimate of drug-likeness (QED) is 0.940. The van der Waals surface area contributed by atoms with Crippen LogP contribution in [0.2, 0.25) is 0 Å². The van der Waals surface area contributed by atoms with Crippen LogP contribution in [0.3, 0.4) is 0 Å². The SMILES string of the molecule is CNc1cc([C@@H]2CCCN2C(=O)c2ccccc2)ccn1. The number of benzene rings is 1. The summed E-state index contributed by atoms with van der Waals surface area (Å²) in [6, 6.07) is 13.7. The topological polar surface area (TPSA) is 45.2 Å². The lowest BCUT2D eigenvalue weighted by Gasteiger charge is -2.25. The second kappa shape index (κ2) is 5.95. The van der Waals surface area contributed by atoms with Crippen molar-refractivity contribution in [2.75, 3.05) is 18.9 Å². The van der Waals surface area contributed by atoms with Gasteiger partial charge in [-0.25, -0.2) is 4.98 Å². The Balaban J connectivity index is 1.87. The van der Waals surface area contributed by atoms with Crippen LogP contribution in [-0.4, -0.2) is 29.4 Å². The summed E-state index contributed by atoms with van der Waals surface area (Å²) in [5.74, 6) is 0.951. The van der Waals surface area contributed by atoms with E-state index in [2.05, 4.69) is 10.3 Å². The molecule has 21 heavy (non-hydrogen) atoms. The standard InChI is InChI=1S/C17H19N3O/c1-18-16-12-14(9-10-19-16)15-8-5-11-20(15)17(21)13-6-3-2-4-7-13/h2-4,6-7,9-10,12,15H,5,8,11H2,1H3,(H,18,19)/t15-/m0/s1. The van der Waals surface area contributed by atoms with Crippen molar-refractivity contribution in [1.29, 1.82) is 0 Å². The minimum absolute atomic E-state index is 0.112. The first kappa shape index (κ1) is 13.6. The molecule has 1 aromatic carbocycles. The molecule has 0 spiro atoms. The van der Waals surface area contributed by atoms with Gasteiger partial charge in [0.1, 0.15) is 5.82 Å². The highest BCUT2D eigenvalue weighted by Crippen LogP contribution is 2.33. The molecule has 1 atom stereocenters. The number of pyridine rings is 1. The number of amides is 1. The van der Waals surface area contributed by atoms with Crippen LogP contribution in [0.1, 0.15) is 34.8 Å². The fourth-order valence-corrected chi connectivity index (χ4v) is 2.89. The maximum atomic E-state index is 12.7. The van der Waals surface area contributed by atoms with Gasteiger partial charge in [0.15, 0.2) is 0 Å². The zero-order chi connectivity index (χ0) is 14.7. The Morgan fingerprint density at radius 2 is 2.10 bits per heavy atom. The number of nitrogens with zero attached hydrogens (tertiary/aromatic N) is 2. The second-order valence-electron chi connectivity index (χ2n) is 5.25. The summed E-state index contributed by atoms with van der Waals surface area (Å²) in [7, 11) is 1.85. The molecular weight excluding hydrogens is 262 g/mol. The molecule has 1 aromatic heterocycles. The molecule has 1 N–H and O–H groups in total. The van der Waals surface area contributed by atoms with E-state index in [1.807, 2.05) is 54.4 Å². The predicted octanol–water partition coefficient (Wildman–Crippen LogP) is 3.10. The van der Waals surface area contributed by atoms with Gasteiger partial charge < -0.3 is 10.2 Å². The van der Waals surface area contributed by atoms with E-state index >= 15 is 0 Å². The minimum Gasteiger partial charge on any atom is -0.373 e. The van der Waals surface area contributed by atoms with E-state index in [1.165, 1.54) is 0 Å². The Morgan fingerprint density at radius 1 is 1.29 bits per heavy atom. The lowest BCUT2D eigenvalue weighted by atomic mass is 10.0. The first-order chi connectivity index (χ1) is 10.3. The van der Waals surface area contributed by atoms with Gasteiger partial charge in [-0.15, -0.1) is 0 Å². The summed E-state index contributed by atoms with van der Waals surface area (Å²) in [6.45, 7) is 0.815. The van der Waals surface area contributed by atoms with Gasteiger partial charge in [-0.3, -0.25) is 4.79 Å². The largest absolute Gasteiger partial charge is 0.373 e. The summed E-state index contributed by atoms with van der Waals surface area (Å²) in [5, 5.41) is 3.05. The van der Waals surface area contributed by atoms with E-state index < -0.39 is 0 Å². The maximum Gasteiger partial charge on any atom is 0.254 e. The van der Waals surface area contributed by atoms with Crippen LogP contribution in [0.15, 0.2) is 48.7 Å². The first-order valence-corrected chi connectivity index (χ1v) is 7.29. The summed E-state index contributed by atoms with van der Waals surface area (Å²) >= 11 is 0. The number of hydrogen-bond acceptors (Lipinski definition) is 3. The highest BCUT2D eigenvalue weighted by atomic mass is 16.2. The normalized spacial score (nSPS) is 17.8. The Bertz CT molecular complexity index is 627. The van der Waals surface area contributed by atoms with Gasteiger partial charge in [0.2, 0.25) is 0 Å². The molecule has 4 heteroatoms. The van der Waals surface area contributed by atoms with Crippen LogP contribution in [0.4, 0.5) is 5.82 Å². The fraction of sp³-hybridized carbons (Fsp3) is 0.294. The molecule has 1 aliphatic rings. The van der Waals surface area contributed by atoms with E-state index in [4.69, 9.17) is 0 Å². The van der Waals surface area contributed by atoms with E-state index in [0.29, 0.717) is 0 Å². The lowest BCUT2D eigenvalue weighted by molar-refractivity contribution is 0.0735. The minimum atomic E-state index is 0.112. The molecule has 108 valence electrons. The molecule has 1 aliphatic heterocycles. The molecule has 4 nitrogen and oxygen atoms in total. The predicted molar refractivity (Wildman–Crippen MR) is 83.2 cm³/mol. The molecule has 1 amide bonds. The molecule has 1 fully saturated rings. The molecule has 0 bridgehead atoms. The highest BCUT2D eigenvalue weighted by Gasteiger charge is 2.30. The number of anilines is 1. The van der Waals surface area contributed by atoms with Crippen LogP contribution < -0.4 is 5.32 Å². The van der Waals surface area contributed by atoms with Gasteiger partial charge in [-0.2, -0.15) is 0 Å². The average molecular weight is 281 g/mol. The Hall–Kier alpha value is -2.36. The zero-order valence-electron chi connectivity index (χ0n) is 12.1. The summed E-state index contributed by atoms with van der Waals surface area (Å²) < 4.78 is 0. The number of carbonyl (C=O) groups is 1. The van der Waals surface area contributed by atoms with Crippen LogP contribution in [0, 0.1) is 0 Å². The van der Waals surface area contributed by atoms with Gasteiger partial charge in [0, 0.05) is 25.4 Å². The lowest BCUT2D eigenvalue weighted by Crippen LogP contribution is -2.30. The number of aromatic nitrogens is 1. The number of nitrogens with one attached hydrogen (secondary N) is 1. The van der Waals surface area contributed by atoms with Crippen LogP contribution in [0.5, 0.6) is 0 Å². The first-order valence-electron chi connectivity index (χ1n) is 7.29. The smallest absolute Gasteiger partial charge is 0.254 e. The highest BCUT2D eigenvalue weighted by molar-refractivity contribution is 5.94. The zero-order valence-corrected chi connectivity index (χ0v) is 12.1. The van der Waals surface area contributed by atoms with E-state index in [1.54, 1.807) is 6.20 Å². The van der Waals surface area contributed by atoms with Gasteiger partial charge >= 0.3 is 0 Å². The van der Waals surface area contributed by atoms with Crippen molar-refractivity contribution in [2.24, 2.45) is 0 Å². The van der Waals surface area contributed by atoms with Gasteiger partial charge in [-0.1, -0.05) is 18.2 Å². The Labute approximate surface area is 124 Å². The van der Waals surface area contributed by atoms with Crippen molar-refractivity contribution >= 4 is 11.7 Å². The molecular formula is C17H19N3O. The number of likely N-dealkylation sites (tertiary alicyclic amines) is 1. The van der Waals surface area contributed by atoms with Crippen LogP contribution >= 0.6 is 0 Å². The number of hydrogen-bond donors (Lipinski definition) is 1. The third-order valence-corrected chi connectivity index (χ3v) is 3.96. The van der Waals surface area contributed by atoms with E-state index in [0.717, 1.165) is 36.3 Å². The van der Waals surface area contributed by atoms with E-state index in [9.17, 15) is 4.79 Å². The fourth-order valence-electron chi connectivity index (χ4n) is 2.89. The van der Waals surface area contributed by atoms with Crippen molar-refractivity contribution in [3.05, 3.63) is 59.8 Å². The Morgan fingerprint density at radius 3 is 2.86 bits per heavy atom. The van der Waals surface area contributed by atoms with Crippen molar-refractivity contribution in [2.45, 2.75) is 18.9 Å². The molecule has 0 saturated carbocycles. The molecule has 3 rings (SSSR count). The Kier molecular flexibility index (Phi) is 3.86. The van der Waals surface area contributed by atoms with E-state index in [-0.39, 0.29) is 11.9 Å². The maximum absolute atomic E-state index is 12.7. The van der Waals surface area contributed by atoms with Crippen molar-refractivity contribution in [3.63, 3.8) is 0 Å². The third-order valence-electron chi connectivity index (χ3n) is 3.96. The molecule has 2 heterocycles. The van der Waals surface area contributed by atoms with Crippen molar-refractivity contribution in [1.82, 2.24) is 9.88 Å². The monoisotopic (exact) mass is 281 g/mol. The van der Waals surface area contributed by atoms with Crippen LogP contribution in [-0.2, 0) is 0 Å². The summed E-state index contributed by atoms with van der Waals surface area (Å²) in [6.07, 6.45) is 3.84. The molecule has 1 saturated heterocycles. The molecule has 0 unspecified atom stereocenters. The number of carbonyl (C=O) groups excluding carboxylic acids is 1. The molecule has 2 aromatic rings.